The van der Waals surface area contributed by atoms with E-state index in [2.05, 4.69) is 39.9 Å². The minimum absolute atomic E-state index is 0.448. The van der Waals surface area contributed by atoms with Crippen molar-refractivity contribution < 1.29 is 0 Å². The van der Waals surface area contributed by atoms with Gasteiger partial charge in [-0.25, -0.2) is 0 Å². The Balaban J connectivity index is 2.00. The SMILES string of the molecule is CCC1CCSC(NC2CC(C)(C)CC(C)(C)C2)=N1. The van der Waals surface area contributed by atoms with Crippen molar-refractivity contribution >= 4 is 16.9 Å². The van der Waals surface area contributed by atoms with E-state index in [1.807, 2.05) is 11.8 Å². The second-order valence-corrected chi connectivity index (χ2v) is 8.97. The highest BCUT2D eigenvalue weighted by atomic mass is 32.2. The van der Waals surface area contributed by atoms with E-state index in [-0.39, 0.29) is 0 Å². The van der Waals surface area contributed by atoms with Crippen molar-refractivity contribution in [3.63, 3.8) is 0 Å². The first-order valence-corrected chi connectivity index (χ1v) is 8.75. The number of rotatable bonds is 2. The molecule has 1 aliphatic carbocycles. The Hall–Kier alpha value is -0.180. The van der Waals surface area contributed by atoms with Gasteiger partial charge in [0.05, 0.1) is 6.04 Å². The van der Waals surface area contributed by atoms with Gasteiger partial charge in [0.2, 0.25) is 0 Å². The Morgan fingerprint density at radius 3 is 2.42 bits per heavy atom. The van der Waals surface area contributed by atoms with Crippen molar-refractivity contribution in [2.24, 2.45) is 15.8 Å². The van der Waals surface area contributed by atoms with Crippen LogP contribution in [0.15, 0.2) is 4.99 Å². The second-order valence-electron chi connectivity index (χ2n) is 7.89. The Morgan fingerprint density at radius 2 is 1.84 bits per heavy atom. The molecule has 0 radical (unpaired) electrons. The van der Waals surface area contributed by atoms with Crippen LogP contribution in [0.3, 0.4) is 0 Å². The Bertz CT molecular complexity index is 331. The molecule has 1 heterocycles. The summed E-state index contributed by atoms with van der Waals surface area (Å²) in [6.07, 6.45) is 6.29. The molecule has 0 aromatic heterocycles. The topological polar surface area (TPSA) is 24.4 Å². The van der Waals surface area contributed by atoms with Gasteiger partial charge < -0.3 is 5.32 Å². The third-order valence-corrected chi connectivity index (χ3v) is 5.28. The molecular formula is C16H30N2S. The summed E-state index contributed by atoms with van der Waals surface area (Å²) in [6.45, 7) is 11.9. The van der Waals surface area contributed by atoms with E-state index in [0.717, 1.165) is 0 Å². The molecule has 1 atom stereocenters. The van der Waals surface area contributed by atoms with E-state index >= 15 is 0 Å². The molecule has 0 amide bonds. The molecule has 19 heavy (non-hydrogen) atoms. The minimum Gasteiger partial charge on any atom is -0.362 e. The summed E-state index contributed by atoms with van der Waals surface area (Å²) in [4.78, 5) is 4.86. The molecule has 1 N–H and O–H groups in total. The molecular weight excluding hydrogens is 252 g/mol. The third-order valence-electron chi connectivity index (χ3n) is 4.34. The molecule has 3 heteroatoms. The lowest BCUT2D eigenvalue weighted by atomic mass is 9.63. The van der Waals surface area contributed by atoms with Gasteiger partial charge in [0.15, 0.2) is 5.17 Å². The van der Waals surface area contributed by atoms with E-state index in [0.29, 0.717) is 22.9 Å². The summed E-state index contributed by atoms with van der Waals surface area (Å²) < 4.78 is 0. The molecule has 2 nitrogen and oxygen atoms in total. The van der Waals surface area contributed by atoms with Crippen LogP contribution in [0.4, 0.5) is 0 Å². The molecule has 0 bridgehead atoms. The van der Waals surface area contributed by atoms with Crippen molar-refractivity contribution in [2.75, 3.05) is 5.75 Å². The van der Waals surface area contributed by atoms with Crippen LogP contribution in [-0.4, -0.2) is 23.0 Å². The van der Waals surface area contributed by atoms with Gasteiger partial charge in [-0.2, -0.15) is 0 Å². The van der Waals surface area contributed by atoms with E-state index in [1.165, 1.54) is 43.0 Å². The lowest BCUT2D eigenvalue weighted by molar-refractivity contribution is 0.0924. The van der Waals surface area contributed by atoms with Crippen molar-refractivity contribution in [2.45, 2.75) is 78.8 Å². The summed E-state index contributed by atoms with van der Waals surface area (Å²) in [5.74, 6) is 1.23. The molecule has 1 fully saturated rings. The first kappa shape index (κ1) is 15.2. The largest absolute Gasteiger partial charge is 0.362 e. The lowest BCUT2D eigenvalue weighted by Gasteiger charge is -2.45. The van der Waals surface area contributed by atoms with Gasteiger partial charge in [0.1, 0.15) is 0 Å². The van der Waals surface area contributed by atoms with Crippen molar-refractivity contribution in [1.29, 1.82) is 0 Å². The molecule has 2 aliphatic rings. The first-order valence-electron chi connectivity index (χ1n) is 7.77. The fraction of sp³-hybridized carbons (Fsp3) is 0.938. The van der Waals surface area contributed by atoms with Crippen LogP contribution in [-0.2, 0) is 0 Å². The number of nitrogens with zero attached hydrogens (tertiary/aromatic N) is 1. The van der Waals surface area contributed by atoms with Gasteiger partial charge in [-0.15, -0.1) is 0 Å². The van der Waals surface area contributed by atoms with Gasteiger partial charge in [0.25, 0.3) is 0 Å². The summed E-state index contributed by atoms with van der Waals surface area (Å²) in [5, 5.41) is 4.95. The van der Waals surface area contributed by atoms with Crippen molar-refractivity contribution in [3.05, 3.63) is 0 Å². The molecule has 0 aromatic rings. The van der Waals surface area contributed by atoms with Gasteiger partial charge in [0, 0.05) is 11.8 Å². The molecule has 2 rings (SSSR count). The fourth-order valence-corrected chi connectivity index (χ4v) is 5.11. The zero-order valence-electron chi connectivity index (χ0n) is 13.3. The quantitative estimate of drug-likeness (QED) is 0.809. The van der Waals surface area contributed by atoms with Crippen LogP contribution in [0.5, 0.6) is 0 Å². The van der Waals surface area contributed by atoms with Crippen molar-refractivity contribution in [3.8, 4) is 0 Å². The number of amidine groups is 1. The molecule has 1 aliphatic heterocycles. The van der Waals surface area contributed by atoms with Gasteiger partial charge >= 0.3 is 0 Å². The van der Waals surface area contributed by atoms with Crippen molar-refractivity contribution in [1.82, 2.24) is 5.32 Å². The summed E-state index contributed by atoms with van der Waals surface area (Å²) in [5.41, 5.74) is 0.896. The van der Waals surface area contributed by atoms with Crippen LogP contribution in [0.2, 0.25) is 0 Å². The normalized spacial score (nSPS) is 30.8. The zero-order valence-corrected chi connectivity index (χ0v) is 14.1. The third kappa shape index (κ3) is 4.40. The average molecular weight is 282 g/mol. The Morgan fingerprint density at radius 1 is 1.21 bits per heavy atom. The highest BCUT2D eigenvalue weighted by Gasteiger charge is 2.38. The van der Waals surface area contributed by atoms with Gasteiger partial charge in [-0.05, 0) is 42.9 Å². The molecule has 0 spiro atoms. The standard InChI is InChI=1S/C16H30N2S/c1-6-12-7-8-19-14(17-12)18-13-9-15(2,3)11-16(4,5)10-13/h12-13H,6-11H2,1-5H3,(H,17,18). The zero-order chi connectivity index (χ0) is 14.1. The lowest BCUT2D eigenvalue weighted by Crippen LogP contribution is -2.46. The smallest absolute Gasteiger partial charge is 0.157 e. The number of thioether (sulfide) groups is 1. The summed E-state index contributed by atoms with van der Waals surface area (Å²) in [7, 11) is 0. The summed E-state index contributed by atoms with van der Waals surface area (Å²) in [6, 6.07) is 1.15. The predicted molar refractivity (Wildman–Crippen MR) is 86.9 cm³/mol. The van der Waals surface area contributed by atoms with Crippen LogP contribution >= 0.6 is 11.8 Å². The molecule has 110 valence electrons. The molecule has 1 unspecified atom stereocenters. The monoisotopic (exact) mass is 282 g/mol. The highest BCUT2D eigenvalue weighted by molar-refractivity contribution is 8.13. The average Bonchev–Trinajstić information content (AvgIpc) is 2.24. The Labute approximate surface area is 123 Å². The van der Waals surface area contributed by atoms with Crippen LogP contribution in [0, 0.1) is 10.8 Å². The minimum atomic E-state index is 0.448. The molecule has 1 saturated carbocycles. The maximum absolute atomic E-state index is 4.86. The van der Waals surface area contributed by atoms with E-state index in [1.54, 1.807) is 0 Å². The number of hydrogen-bond donors (Lipinski definition) is 1. The first-order chi connectivity index (χ1) is 8.80. The van der Waals surface area contributed by atoms with Crippen LogP contribution < -0.4 is 5.32 Å². The second kappa shape index (κ2) is 5.67. The number of nitrogens with one attached hydrogen (secondary N) is 1. The maximum Gasteiger partial charge on any atom is 0.157 e. The summed E-state index contributed by atoms with van der Waals surface area (Å²) >= 11 is 1.92. The predicted octanol–water partition coefficient (Wildman–Crippen LogP) is 4.45. The molecule has 0 aromatic carbocycles. The highest BCUT2D eigenvalue weighted by Crippen LogP contribution is 2.45. The van der Waals surface area contributed by atoms with Gasteiger partial charge in [-0.3, -0.25) is 4.99 Å². The van der Waals surface area contributed by atoms with Crippen LogP contribution in [0.1, 0.15) is 66.7 Å². The van der Waals surface area contributed by atoms with Crippen LogP contribution in [0.25, 0.3) is 0 Å². The molecule has 0 saturated heterocycles. The fourth-order valence-electron chi connectivity index (χ4n) is 4.06. The van der Waals surface area contributed by atoms with E-state index < -0.39 is 0 Å². The maximum atomic E-state index is 4.86. The number of aliphatic imine (C=N–C) groups is 1. The Kier molecular flexibility index (Phi) is 4.54. The number of hydrogen-bond acceptors (Lipinski definition) is 3. The van der Waals surface area contributed by atoms with E-state index in [4.69, 9.17) is 4.99 Å². The van der Waals surface area contributed by atoms with E-state index in [9.17, 15) is 0 Å². The van der Waals surface area contributed by atoms with Gasteiger partial charge in [-0.1, -0.05) is 46.4 Å².